The Morgan fingerprint density at radius 3 is 1.79 bits per heavy atom. The fraction of sp³-hybridized carbons (Fsp3) is 0.615. The molecule has 0 bridgehead atoms. The molecule has 0 unspecified atom stereocenters. The second-order valence-corrected chi connectivity index (χ2v) is 4.88. The van der Waals surface area contributed by atoms with Crippen LogP contribution in [0.5, 0.6) is 0 Å². The molecule has 0 amide bonds. The number of hydrogen-bond donors (Lipinski definition) is 0. The molecule has 0 atom stereocenters. The van der Waals surface area contributed by atoms with Gasteiger partial charge in [0.2, 0.25) is 0 Å². The number of allylic oxidation sites excluding steroid dienone is 4. The lowest BCUT2D eigenvalue weighted by molar-refractivity contribution is 0.593. The van der Waals surface area contributed by atoms with Crippen LogP contribution in [0.3, 0.4) is 0 Å². The first-order valence-corrected chi connectivity index (χ1v) is 5.08. The summed E-state index contributed by atoms with van der Waals surface area (Å²) in [6.45, 7) is 12.9. The molecule has 0 fully saturated rings. The number of hydrogen-bond acceptors (Lipinski definition) is 1. The number of rotatable bonds is 2. The monoisotopic (exact) mass is 193 g/mol. The highest BCUT2D eigenvalue weighted by molar-refractivity contribution is 5.99. The van der Waals surface area contributed by atoms with Crippen LogP contribution in [0.1, 0.15) is 41.5 Å². The van der Waals surface area contributed by atoms with Crippen LogP contribution < -0.4 is 0 Å². The summed E-state index contributed by atoms with van der Waals surface area (Å²) in [4.78, 5) is 4.30. The first-order valence-electron chi connectivity index (χ1n) is 5.08. The van der Waals surface area contributed by atoms with Gasteiger partial charge in [0.1, 0.15) is 0 Å². The summed E-state index contributed by atoms with van der Waals surface area (Å²) in [6, 6.07) is 0. The maximum Gasteiger partial charge on any atom is 0.0398 e. The van der Waals surface area contributed by atoms with Gasteiger partial charge in [-0.2, -0.15) is 0 Å². The molecule has 0 aromatic carbocycles. The largest absolute Gasteiger partial charge is 0.293 e. The fourth-order valence-electron chi connectivity index (χ4n) is 1.03. The van der Waals surface area contributed by atoms with Crippen LogP contribution in [-0.2, 0) is 0 Å². The van der Waals surface area contributed by atoms with Crippen molar-refractivity contribution >= 4 is 5.71 Å². The lowest BCUT2D eigenvalue weighted by Gasteiger charge is -2.18. The summed E-state index contributed by atoms with van der Waals surface area (Å²) in [5, 5.41) is 0. The summed E-state index contributed by atoms with van der Waals surface area (Å²) in [5.41, 5.74) is 3.94. The van der Waals surface area contributed by atoms with Crippen LogP contribution in [0.4, 0.5) is 0 Å². The summed E-state index contributed by atoms with van der Waals surface area (Å²) in [6.07, 6.45) is 4.26. The van der Waals surface area contributed by atoms with E-state index in [1.165, 1.54) is 11.1 Å². The number of nitrogens with zero attached hydrogens (tertiary/aromatic N) is 1. The topological polar surface area (TPSA) is 12.4 Å². The Kier molecular flexibility index (Phi) is 4.82. The lowest BCUT2D eigenvalue weighted by atomic mass is 9.89. The van der Waals surface area contributed by atoms with Crippen molar-refractivity contribution in [1.29, 1.82) is 0 Å². The third-order valence-corrected chi connectivity index (χ3v) is 2.29. The SMILES string of the molecule is CN=C(/C=C\C(C)=C(C)C)C(C)(C)C. The summed E-state index contributed by atoms with van der Waals surface area (Å²) >= 11 is 0. The van der Waals surface area contributed by atoms with E-state index in [2.05, 4.69) is 58.7 Å². The molecule has 0 N–H and O–H groups in total. The molecular weight excluding hydrogens is 170 g/mol. The smallest absolute Gasteiger partial charge is 0.0398 e. The molecule has 0 rings (SSSR count). The van der Waals surface area contributed by atoms with Crippen LogP contribution >= 0.6 is 0 Å². The predicted octanol–water partition coefficient (Wildman–Crippen LogP) is 4.02. The molecule has 0 radical (unpaired) electrons. The van der Waals surface area contributed by atoms with Gasteiger partial charge in [-0.3, -0.25) is 4.99 Å². The Hall–Kier alpha value is -0.850. The minimum absolute atomic E-state index is 0.132. The van der Waals surface area contributed by atoms with Gasteiger partial charge in [0.05, 0.1) is 0 Å². The van der Waals surface area contributed by atoms with Crippen molar-refractivity contribution in [3.63, 3.8) is 0 Å². The summed E-state index contributed by atoms with van der Waals surface area (Å²) in [5.74, 6) is 0. The van der Waals surface area contributed by atoms with Crippen molar-refractivity contribution in [2.45, 2.75) is 41.5 Å². The van der Waals surface area contributed by atoms with Crippen LogP contribution in [0.15, 0.2) is 28.3 Å². The maximum atomic E-state index is 4.30. The van der Waals surface area contributed by atoms with E-state index < -0.39 is 0 Å². The van der Waals surface area contributed by atoms with Gasteiger partial charge in [0.25, 0.3) is 0 Å². The van der Waals surface area contributed by atoms with Crippen molar-refractivity contribution in [3.05, 3.63) is 23.3 Å². The minimum atomic E-state index is 0.132. The van der Waals surface area contributed by atoms with Crippen molar-refractivity contribution in [2.24, 2.45) is 10.4 Å². The molecule has 0 aromatic rings. The quantitative estimate of drug-likeness (QED) is 0.464. The zero-order valence-electron chi connectivity index (χ0n) is 10.6. The van der Waals surface area contributed by atoms with Gasteiger partial charge >= 0.3 is 0 Å². The Labute approximate surface area is 88.6 Å². The molecule has 0 aromatic heterocycles. The van der Waals surface area contributed by atoms with Gasteiger partial charge in [0.15, 0.2) is 0 Å². The van der Waals surface area contributed by atoms with Gasteiger partial charge in [-0.1, -0.05) is 38.0 Å². The zero-order chi connectivity index (χ0) is 11.4. The highest BCUT2D eigenvalue weighted by Crippen LogP contribution is 2.17. The third-order valence-electron chi connectivity index (χ3n) is 2.29. The van der Waals surface area contributed by atoms with Gasteiger partial charge < -0.3 is 0 Å². The number of aliphatic imine (C=N–C) groups is 1. The van der Waals surface area contributed by atoms with Crippen LogP contribution in [0, 0.1) is 5.41 Å². The highest BCUT2D eigenvalue weighted by Gasteiger charge is 2.14. The lowest BCUT2D eigenvalue weighted by Crippen LogP contribution is -2.17. The Balaban J connectivity index is 4.76. The van der Waals surface area contributed by atoms with E-state index in [0.29, 0.717) is 0 Å². The Morgan fingerprint density at radius 2 is 1.50 bits per heavy atom. The van der Waals surface area contributed by atoms with Gasteiger partial charge in [-0.05, 0) is 26.8 Å². The van der Waals surface area contributed by atoms with E-state index in [1.807, 2.05) is 7.05 Å². The van der Waals surface area contributed by atoms with Crippen molar-refractivity contribution in [3.8, 4) is 0 Å². The molecule has 0 saturated heterocycles. The van der Waals surface area contributed by atoms with E-state index in [4.69, 9.17) is 0 Å². The van der Waals surface area contributed by atoms with Gasteiger partial charge in [-0.25, -0.2) is 0 Å². The van der Waals surface area contributed by atoms with E-state index in [9.17, 15) is 0 Å². The van der Waals surface area contributed by atoms with Gasteiger partial charge in [-0.15, -0.1) is 0 Å². The molecule has 0 saturated carbocycles. The molecular formula is C13H23N. The van der Waals surface area contributed by atoms with Crippen molar-refractivity contribution < 1.29 is 0 Å². The first kappa shape index (κ1) is 13.2. The van der Waals surface area contributed by atoms with Crippen molar-refractivity contribution in [2.75, 3.05) is 7.05 Å². The van der Waals surface area contributed by atoms with Crippen molar-refractivity contribution in [1.82, 2.24) is 0 Å². The molecule has 0 aliphatic carbocycles. The van der Waals surface area contributed by atoms with Crippen LogP contribution in [0.25, 0.3) is 0 Å². The predicted molar refractivity (Wildman–Crippen MR) is 66.0 cm³/mol. The minimum Gasteiger partial charge on any atom is -0.293 e. The van der Waals surface area contributed by atoms with E-state index in [0.717, 1.165) is 5.71 Å². The van der Waals surface area contributed by atoms with Gasteiger partial charge in [0, 0.05) is 18.2 Å². The first-order chi connectivity index (χ1) is 6.29. The van der Waals surface area contributed by atoms with Crippen LogP contribution in [0.2, 0.25) is 0 Å². The Bertz CT molecular complexity index is 268. The van der Waals surface area contributed by atoms with E-state index in [-0.39, 0.29) is 5.41 Å². The summed E-state index contributed by atoms with van der Waals surface area (Å²) < 4.78 is 0. The molecule has 0 heterocycles. The fourth-order valence-corrected chi connectivity index (χ4v) is 1.03. The average Bonchev–Trinajstić information content (AvgIpc) is 2.02. The average molecular weight is 193 g/mol. The van der Waals surface area contributed by atoms with E-state index >= 15 is 0 Å². The second-order valence-electron chi connectivity index (χ2n) is 4.88. The molecule has 0 aliphatic heterocycles. The molecule has 1 nitrogen and oxygen atoms in total. The summed E-state index contributed by atoms with van der Waals surface area (Å²) in [7, 11) is 1.85. The molecule has 1 heteroatoms. The third kappa shape index (κ3) is 4.40. The van der Waals surface area contributed by atoms with Crippen LogP contribution in [-0.4, -0.2) is 12.8 Å². The second kappa shape index (κ2) is 5.14. The Morgan fingerprint density at radius 1 is 1.00 bits per heavy atom. The highest BCUT2D eigenvalue weighted by atomic mass is 14.7. The zero-order valence-corrected chi connectivity index (χ0v) is 10.6. The standard InChI is InChI=1S/C13H23N/c1-10(2)11(3)8-9-12(14-7)13(4,5)6/h8-9H,1-7H3/b9-8-,14-12?. The van der Waals surface area contributed by atoms with E-state index in [1.54, 1.807) is 0 Å². The molecule has 14 heavy (non-hydrogen) atoms. The normalized spacial score (nSPS) is 13.5. The molecule has 0 spiro atoms. The molecule has 80 valence electrons. The maximum absolute atomic E-state index is 4.30. The molecule has 0 aliphatic rings.